The summed E-state index contributed by atoms with van der Waals surface area (Å²) in [5.41, 5.74) is 5.48. The lowest BCUT2D eigenvalue weighted by Gasteiger charge is -2.20. The number of carbonyl (C=O) groups is 1. The van der Waals surface area contributed by atoms with Crippen LogP contribution in [0.2, 0.25) is 0 Å². The summed E-state index contributed by atoms with van der Waals surface area (Å²) < 4.78 is 8.19. The molecule has 168 valence electrons. The summed E-state index contributed by atoms with van der Waals surface area (Å²) in [6, 6.07) is 24.3. The van der Waals surface area contributed by atoms with E-state index in [0.717, 1.165) is 46.8 Å². The molecule has 1 amide bonds. The quantitative estimate of drug-likeness (QED) is 0.350. The van der Waals surface area contributed by atoms with E-state index in [1.54, 1.807) is 0 Å². The van der Waals surface area contributed by atoms with Crippen molar-refractivity contribution in [1.29, 1.82) is 0 Å². The van der Waals surface area contributed by atoms with Crippen molar-refractivity contribution in [3.63, 3.8) is 0 Å². The van der Waals surface area contributed by atoms with Crippen molar-refractivity contribution < 1.29 is 9.53 Å². The number of fused-ring (bicyclic) bond motifs is 1. The molecule has 0 spiro atoms. The van der Waals surface area contributed by atoms with Gasteiger partial charge in [-0.3, -0.25) is 4.79 Å². The number of nitrogens with zero attached hydrogens (tertiary/aromatic N) is 3. The van der Waals surface area contributed by atoms with E-state index in [9.17, 15) is 4.79 Å². The van der Waals surface area contributed by atoms with Crippen molar-refractivity contribution in [2.45, 2.75) is 39.2 Å². The maximum Gasteiger partial charge on any atom is 0.227 e. The molecule has 1 saturated heterocycles. The number of hydrogen-bond acceptors (Lipinski definition) is 3. The molecule has 0 N–H and O–H groups in total. The molecule has 0 saturated carbocycles. The summed E-state index contributed by atoms with van der Waals surface area (Å²) in [6.45, 7) is 6.28. The van der Waals surface area contributed by atoms with E-state index in [1.165, 1.54) is 5.56 Å². The molecular weight excluding hydrogens is 410 g/mol. The fraction of sp³-hybridized carbons (Fsp3) is 0.286. The van der Waals surface area contributed by atoms with Crippen molar-refractivity contribution in [2.75, 3.05) is 18.1 Å². The number of ether oxygens (including phenoxy) is 1. The number of amides is 1. The van der Waals surface area contributed by atoms with Gasteiger partial charge in [-0.25, -0.2) is 4.98 Å². The Morgan fingerprint density at radius 1 is 0.970 bits per heavy atom. The molecule has 5 heteroatoms. The SMILES string of the molecule is Cc1cccc(N2CC(c3nc4ccccc4n3CCCOc3ccccc3)CC2=O)c1C. The molecule has 1 aromatic heterocycles. The highest BCUT2D eigenvalue weighted by molar-refractivity contribution is 5.97. The van der Waals surface area contributed by atoms with Gasteiger partial charge in [-0.1, -0.05) is 42.5 Å². The predicted molar refractivity (Wildman–Crippen MR) is 132 cm³/mol. The Hall–Kier alpha value is -3.60. The van der Waals surface area contributed by atoms with Crippen LogP contribution in [0.3, 0.4) is 0 Å². The number of imidazole rings is 1. The lowest BCUT2D eigenvalue weighted by molar-refractivity contribution is -0.117. The van der Waals surface area contributed by atoms with Crippen LogP contribution >= 0.6 is 0 Å². The van der Waals surface area contributed by atoms with Gasteiger partial charge in [-0.15, -0.1) is 0 Å². The molecule has 0 radical (unpaired) electrons. The van der Waals surface area contributed by atoms with Crippen LogP contribution in [-0.4, -0.2) is 28.6 Å². The zero-order valence-corrected chi connectivity index (χ0v) is 19.2. The summed E-state index contributed by atoms with van der Waals surface area (Å²) >= 11 is 0. The molecule has 2 heterocycles. The van der Waals surface area contributed by atoms with Gasteiger partial charge in [0.1, 0.15) is 11.6 Å². The first kappa shape index (κ1) is 21.3. The van der Waals surface area contributed by atoms with Gasteiger partial charge in [0.15, 0.2) is 0 Å². The Labute approximate surface area is 194 Å². The van der Waals surface area contributed by atoms with Gasteiger partial charge in [0, 0.05) is 31.1 Å². The third-order valence-electron chi connectivity index (χ3n) is 6.58. The van der Waals surface area contributed by atoms with Crippen molar-refractivity contribution in [2.24, 2.45) is 0 Å². The zero-order valence-electron chi connectivity index (χ0n) is 19.2. The normalized spacial score (nSPS) is 16.0. The standard InChI is InChI=1S/C28H29N3O2/c1-20-10-8-15-25(21(20)2)31-19-22(18-27(31)32)28-29-24-13-6-7-14-26(24)30(28)16-9-17-33-23-11-4-3-5-12-23/h3-8,10-15,22H,9,16-19H2,1-2H3. The summed E-state index contributed by atoms with van der Waals surface area (Å²) in [4.78, 5) is 20.0. The van der Waals surface area contributed by atoms with Crippen LogP contribution in [0.15, 0.2) is 72.8 Å². The lowest BCUT2D eigenvalue weighted by atomic mass is 10.1. The second kappa shape index (κ2) is 9.10. The highest BCUT2D eigenvalue weighted by Crippen LogP contribution is 2.35. The van der Waals surface area contributed by atoms with Crippen LogP contribution in [0, 0.1) is 13.8 Å². The molecule has 1 aliphatic heterocycles. The number of aromatic nitrogens is 2. The Bertz CT molecular complexity index is 1280. The van der Waals surface area contributed by atoms with E-state index >= 15 is 0 Å². The molecule has 1 fully saturated rings. The van der Waals surface area contributed by atoms with Gasteiger partial charge in [-0.05, 0) is 61.7 Å². The van der Waals surface area contributed by atoms with Crippen LogP contribution in [-0.2, 0) is 11.3 Å². The van der Waals surface area contributed by atoms with Gasteiger partial charge < -0.3 is 14.2 Å². The number of para-hydroxylation sites is 3. The van der Waals surface area contributed by atoms with Crippen LogP contribution in [0.4, 0.5) is 5.69 Å². The number of anilines is 1. The highest BCUT2D eigenvalue weighted by Gasteiger charge is 2.35. The fourth-order valence-electron chi connectivity index (χ4n) is 4.71. The third-order valence-corrected chi connectivity index (χ3v) is 6.58. The molecule has 3 aromatic carbocycles. The number of hydrogen-bond donors (Lipinski definition) is 0. The second-order valence-corrected chi connectivity index (χ2v) is 8.75. The first-order valence-electron chi connectivity index (χ1n) is 11.6. The molecule has 33 heavy (non-hydrogen) atoms. The second-order valence-electron chi connectivity index (χ2n) is 8.75. The molecular formula is C28H29N3O2. The monoisotopic (exact) mass is 439 g/mol. The molecule has 5 rings (SSSR count). The van der Waals surface area contributed by atoms with Crippen molar-refractivity contribution in [3.05, 3.63) is 89.7 Å². The summed E-state index contributed by atoms with van der Waals surface area (Å²) in [7, 11) is 0. The highest BCUT2D eigenvalue weighted by atomic mass is 16.5. The number of benzene rings is 3. The molecule has 1 unspecified atom stereocenters. The topological polar surface area (TPSA) is 47.4 Å². The summed E-state index contributed by atoms with van der Waals surface area (Å²) in [5, 5.41) is 0. The molecule has 4 aromatic rings. The zero-order chi connectivity index (χ0) is 22.8. The Balaban J connectivity index is 1.37. The molecule has 0 aliphatic carbocycles. The Kier molecular flexibility index (Phi) is 5.86. The molecule has 1 atom stereocenters. The van der Waals surface area contributed by atoms with Gasteiger partial charge in [0.2, 0.25) is 5.91 Å². The van der Waals surface area contributed by atoms with E-state index in [2.05, 4.69) is 36.6 Å². The van der Waals surface area contributed by atoms with Crippen LogP contribution in [0.25, 0.3) is 11.0 Å². The van der Waals surface area contributed by atoms with E-state index in [-0.39, 0.29) is 11.8 Å². The average molecular weight is 440 g/mol. The van der Waals surface area contributed by atoms with Crippen molar-refractivity contribution in [3.8, 4) is 5.75 Å². The largest absolute Gasteiger partial charge is 0.494 e. The van der Waals surface area contributed by atoms with Crippen LogP contribution < -0.4 is 9.64 Å². The first-order chi connectivity index (χ1) is 16.1. The Morgan fingerprint density at radius 3 is 2.61 bits per heavy atom. The summed E-state index contributed by atoms with van der Waals surface area (Å²) in [5.74, 6) is 2.12. The van der Waals surface area contributed by atoms with E-state index < -0.39 is 0 Å². The minimum absolute atomic E-state index is 0.0693. The molecule has 0 bridgehead atoms. The third kappa shape index (κ3) is 4.23. The van der Waals surface area contributed by atoms with Crippen LogP contribution in [0.5, 0.6) is 5.75 Å². The minimum Gasteiger partial charge on any atom is -0.494 e. The minimum atomic E-state index is 0.0693. The van der Waals surface area contributed by atoms with Gasteiger partial charge in [0.05, 0.1) is 17.6 Å². The van der Waals surface area contributed by atoms with E-state index in [0.29, 0.717) is 19.6 Å². The van der Waals surface area contributed by atoms with Gasteiger partial charge >= 0.3 is 0 Å². The maximum absolute atomic E-state index is 13.0. The smallest absolute Gasteiger partial charge is 0.227 e. The molecule has 1 aliphatic rings. The van der Waals surface area contributed by atoms with Crippen molar-refractivity contribution >= 4 is 22.6 Å². The van der Waals surface area contributed by atoms with Gasteiger partial charge in [0.25, 0.3) is 0 Å². The van der Waals surface area contributed by atoms with E-state index in [1.807, 2.05) is 59.5 Å². The predicted octanol–water partition coefficient (Wildman–Crippen LogP) is 5.64. The van der Waals surface area contributed by atoms with Gasteiger partial charge in [-0.2, -0.15) is 0 Å². The van der Waals surface area contributed by atoms with Crippen LogP contribution in [0.1, 0.15) is 35.7 Å². The maximum atomic E-state index is 13.0. The fourth-order valence-corrected chi connectivity index (χ4v) is 4.71. The average Bonchev–Trinajstić information content (AvgIpc) is 3.40. The molecule has 5 nitrogen and oxygen atoms in total. The lowest BCUT2D eigenvalue weighted by Crippen LogP contribution is -2.25. The van der Waals surface area contributed by atoms with Crippen molar-refractivity contribution in [1.82, 2.24) is 9.55 Å². The first-order valence-corrected chi connectivity index (χ1v) is 11.6. The number of aryl methyl sites for hydroxylation is 2. The number of carbonyl (C=O) groups excluding carboxylic acids is 1. The summed E-state index contributed by atoms with van der Waals surface area (Å²) in [6.07, 6.45) is 1.35. The Morgan fingerprint density at radius 2 is 1.76 bits per heavy atom. The van der Waals surface area contributed by atoms with E-state index in [4.69, 9.17) is 9.72 Å². The number of rotatable bonds is 7.